The Morgan fingerprint density at radius 2 is 1.20 bits per heavy atom. The normalized spacial score (nSPS) is 14.8. The molecule has 0 saturated heterocycles. The summed E-state index contributed by atoms with van der Waals surface area (Å²) < 4.78 is 0. The molecule has 0 rings (SSSR count). The average Bonchev–Trinajstić information content (AvgIpc) is 2.00. The van der Waals surface area contributed by atoms with E-state index in [1.54, 1.807) is 0 Å². The van der Waals surface area contributed by atoms with Gasteiger partial charge >= 0.3 is 0 Å². The largest absolute Gasteiger partial charge is 0.303 e. The van der Waals surface area contributed by atoms with Crippen LogP contribution in [0.15, 0.2) is 25.3 Å². The third kappa shape index (κ3) is 1.97. The highest BCUT2D eigenvalue weighted by Crippen LogP contribution is 2.08. The lowest BCUT2D eigenvalue weighted by Crippen LogP contribution is -2.12. The summed E-state index contributed by atoms with van der Waals surface area (Å²) in [4.78, 5) is 20.4. The fourth-order valence-corrected chi connectivity index (χ4v) is 0.607. The molecule has 0 aliphatic heterocycles. The molecule has 0 spiro atoms. The van der Waals surface area contributed by atoms with E-state index >= 15 is 0 Å². The van der Waals surface area contributed by atoms with Crippen LogP contribution in [0.2, 0.25) is 0 Å². The van der Waals surface area contributed by atoms with Gasteiger partial charge in [-0.15, -0.1) is 13.2 Å². The molecule has 0 aliphatic rings. The summed E-state index contributed by atoms with van der Waals surface area (Å²) in [5.74, 6) is -0.843. The van der Waals surface area contributed by atoms with Crippen molar-refractivity contribution < 1.29 is 9.59 Å². The number of hydrogen-bond donors (Lipinski definition) is 0. The van der Waals surface area contributed by atoms with E-state index in [-0.39, 0.29) is 0 Å². The van der Waals surface area contributed by atoms with Gasteiger partial charge in [0.1, 0.15) is 12.6 Å². The minimum atomic E-state index is -0.421. The quantitative estimate of drug-likeness (QED) is 0.419. The Bertz CT molecular complexity index is 115. The first kappa shape index (κ1) is 8.82. The smallest absolute Gasteiger partial charge is 0.127 e. The number of carbonyl (C=O) groups excluding carboxylic acids is 2. The fraction of sp³-hybridized carbons (Fsp3) is 0.250. The van der Waals surface area contributed by atoms with Crippen LogP contribution in [0.3, 0.4) is 0 Å². The van der Waals surface area contributed by atoms with Crippen molar-refractivity contribution in [1.29, 1.82) is 0 Å². The fourth-order valence-electron chi connectivity index (χ4n) is 0.607. The van der Waals surface area contributed by atoms with Crippen molar-refractivity contribution in [3.05, 3.63) is 25.3 Å². The van der Waals surface area contributed by atoms with Gasteiger partial charge in [-0.05, 0) is 0 Å². The lowest BCUT2D eigenvalue weighted by molar-refractivity contribution is -0.116. The second kappa shape index (κ2) is 4.68. The Labute approximate surface area is 60.2 Å². The molecule has 0 amide bonds. The molecule has 0 aliphatic carbocycles. The first-order valence-corrected chi connectivity index (χ1v) is 2.95. The van der Waals surface area contributed by atoms with E-state index in [1.165, 1.54) is 12.2 Å². The van der Waals surface area contributed by atoms with Gasteiger partial charge in [0, 0.05) is 11.8 Å². The highest BCUT2D eigenvalue weighted by atomic mass is 16.1. The van der Waals surface area contributed by atoms with Crippen LogP contribution < -0.4 is 0 Å². The lowest BCUT2D eigenvalue weighted by atomic mass is 9.95. The highest BCUT2D eigenvalue weighted by Gasteiger charge is 2.12. The first-order chi connectivity index (χ1) is 4.79. The van der Waals surface area contributed by atoms with E-state index in [9.17, 15) is 9.59 Å². The Morgan fingerprint density at radius 3 is 1.30 bits per heavy atom. The second-order valence-corrected chi connectivity index (χ2v) is 1.90. The highest BCUT2D eigenvalue weighted by molar-refractivity contribution is 5.68. The predicted octanol–water partition coefficient (Wildman–Crippen LogP) is 0.989. The molecule has 0 aromatic heterocycles. The van der Waals surface area contributed by atoms with E-state index in [0.29, 0.717) is 12.6 Å². The van der Waals surface area contributed by atoms with Crippen LogP contribution in [-0.2, 0) is 9.59 Å². The van der Waals surface area contributed by atoms with Gasteiger partial charge in [-0.3, -0.25) is 0 Å². The SMILES string of the molecule is C=CC(C=O)C(C=C)C=O. The van der Waals surface area contributed by atoms with Crippen LogP contribution in [0.5, 0.6) is 0 Å². The van der Waals surface area contributed by atoms with Gasteiger partial charge < -0.3 is 9.59 Å². The molecule has 0 bridgehead atoms. The second-order valence-electron chi connectivity index (χ2n) is 1.90. The van der Waals surface area contributed by atoms with Gasteiger partial charge in [-0.1, -0.05) is 12.2 Å². The van der Waals surface area contributed by atoms with E-state index in [2.05, 4.69) is 13.2 Å². The molecule has 2 atom stereocenters. The zero-order valence-corrected chi connectivity index (χ0v) is 5.69. The van der Waals surface area contributed by atoms with Gasteiger partial charge in [-0.2, -0.15) is 0 Å². The van der Waals surface area contributed by atoms with Gasteiger partial charge in [0.2, 0.25) is 0 Å². The molecule has 0 aromatic rings. The monoisotopic (exact) mass is 138 g/mol. The molecule has 0 heterocycles. The summed E-state index contributed by atoms with van der Waals surface area (Å²) in [5.41, 5.74) is 0. The molecule has 0 radical (unpaired) electrons. The minimum absolute atomic E-state index is 0.421. The Hall–Kier alpha value is -1.18. The zero-order valence-electron chi connectivity index (χ0n) is 5.69. The maximum atomic E-state index is 10.2. The summed E-state index contributed by atoms with van der Waals surface area (Å²) in [6.45, 7) is 6.82. The summed E-state index contributed by atoms with van der Waals surface area (Å²) in [5, 5.41) is 0. The molecule has 0 saturated carbocycles. The predicted molar refractivity (Wildman–Crippen MR) is 39.5 cm³/mol. The lowest BCUT2D eigenvalue weighted by Gasteiger charge is -2.06. The third-order valence-corrected chi connectivity index (χ3v) is 1.30. The maximum absolute atomic E-state index is 10.2. The van der Waals surface area contributed by atoms with Crippen molar-refractivity contribution in [2.24, 2.45) is 11.8 Å². The van der Waals surface area contributed by atoms with Crippen LogP contribution in [0.25, 0.3) is 0 Å². The molecule has 10 heavy (non-hydrogen) atoms. The average molecular weight is 138 g/mol. The van der Waals surface area contributed by atoms with Gasteiger partial charge in [0.25, 0.3) is 0 Å². The Balaban J connectivity index is 4.20. The van der Waals surface area contributed by atoms with Crippen LogP contribution in [0.1, 0.15) is 0 Å². The van der Waals surface area contributed by atoms with Gasteiger partial charge in [0.05, 0.1) is 0 Å². The van der Waals surface area contributed by atoms with Crippen LogP contribution in [0.4, 0.5) is 0 Å². The third-order valence-electron chi connectivity index (χ3n) is 1.30. The molecule has 2 nitrogen and oxygen atoms in total. The Kier molecular flexibility index (Phi) is 4.12. The number of aldehydes is 2. The molecule has 2 heteroatoms. The van der Waals surface area contributed by atoms with E-state index in [4.69, 9.17) is 0 Å². The molecule has 0 aromatic carbocycles. The van der Waals surface area contributed by atoms with Crippen LogP contribution in [0, 0.1) is 11.8 Å². The molecule has 0 fully saturated rings. The molecule has 2 unspecified atom stereocenters. The van der Waals surface area contributed by atoms with E-state index in [1.807, 2.05) is 0 Å². The van der Waals surface area contributed by atoms with E-state index < -0.39 is 11.8 Å². The summed E-state index contributed by atoms with van der Waals surface area (Å²) in [6.07, 6.45) is 4.25. The van der Waals surface area contributed by atoms with Crippen molar-refractivity contribution >= 4 is 12.6 Å². The number of hydrogen-bond acceptors (Lipinski definition) is 2. The topological polar surface area (TPSA) is 34.1 Å². The van der Waals surface area contributed by atoms with Crippen molar-refractivity contribution in [2.45, 2.75) is 0 Å². The first-order valence-electron chi connectivity index (χ1n) is 2.95. The van der Waals surface area contributed by atoms with Crippen molar-refractivity contribution in [2.75, 3.05) is 0 Å². The standard InChI is InChI=1S/C8H10O2/c1-3-7(5-9)8(4-2)6-10/h3-8H,1-2H2. The van der Waals surface area contributed by atoms with Gasteiger partial charge in [0.15, 0.2) is 0 Å². The van der Waals surface area contributed by atoms with Crippen molar-refractivity contribution in [3.8, 4) is 0 Å². The van der Waals surface area contributed by atoms with Gasteiger partial charge in [-0.25, -0.2) is 0 Å². The van der Waals surface area contributed by atoms with E-state index in [0.717, 1.165) is 0 Å². The van der Waals surface area contributed by atoms with Crippen molar-refractivity contribution in [3.63, 3.8) is 0 Å². The summed E-state index contributed by atoms with van der Waals surface area (Å²) in [7, 11) is 0. The van der Waals surface area contributed by atoms with Crippen LogP contribution in [-0.4, -0.2) is 12.6 Å². The summed E-state index contributed by atoms with van der Waals surface area (Å²) >= 11 is 0. The molecule has 54 valence electrons. The Morgan fingerprint density at radius 1 is 0.900 bits per heavy atom. The number of carbonyl (C=O) groups is 2. The number of allylic oxidation sites excluding steroid dienone is 2. The number of rotatable bonds is 5. The zero-order chi connectivity index (χ0) is 7.98. The molecule has 0 N–H and O–H groups in total. The van der Waals surface area contributed by atoms with Crippen LogP contribution >= 0.6 is 0 Å². The maximum Gasteiger partial charge on any atom is 0.127 e. The molecular weight excluding hydrogens is 128 g/mol. The minimum Gasteiger partial charge on any atom is -0.303 e. The summed E-state index contributed by atoms with van der Waals surface area (Å²) in [6, 6.07) is 0. The molecular formula is C8H10O2. The van der Waals surface area contributed by atoms with Crippen molar-refractivity contribution in [1.82, 2.24) is 0 Å².